The molecule has 0 aliphatic carbocycles. The second-order valence-corrected chi connectivity index (χ2v) is 11.6. The summed E-state index contributed by atoms with van der Waals surface area (Å²) in [6.07, 6.45) is 4.71. The van der Waals surface area contributed by atoms with Crippen molar-refractivity contribution in [2.24, 2.45) is 0 Å². The van der Waals surface area contributed by atoms with Gasteiger partial charge in [-0.05, 0) is 30.7 Å². The van der Waals surface area contributed by atoms with Crippen LogP contribution in [-0.2, 0) is 15.6 Å². The van der Waals surface area contributed by atoms with E-state index in [1.807, 2.05) is 64.2 Å². The Kier molecular flexibility index (Phi) is 5.96. The minimum atomic E-state index is -2.89. The number of piperazine rings is 1. The first-order valence-corrected chi connectivity index (χ1v) is 13.7. The molecule has 7 nitrogen and oxygen atoms in total. The van der Waals surface area contributed by atoms with Crippen molar-refractivity contribution in [1.29, 1.82) is 0 Å². The van der Waals surface area contributed by atoms with Gasteiger partial charge in [0.25, 0.3) is 5.91 Å². The number of sulfone groups is 1. The Morgan fingerprint density at radius 3 is 2.59 bits per heavy atom. The smallest absolute Gasteiger partial charge is 0.255 e. The molecule has 9 heteroatoms. The minimum Gasteiger partial charge on any atom is -0.336 e. The highest BCUT2D eigenvalue weighted by Crippen LogP contribution is 2.28. The van der Waals surface area contributed by atoms with Gasteiger partial charge in [0.2, 0.25) is 0 Å². The zero-order chi connectivity index (χ0) is 22.1. The van der Waals surface area contributed by atoms with Crippen molar-refractivity contribution >= 4 is 33.2 Å². The highest BCUT2D eigenvalue weighted by atomic mass is 32.2. The summed E-state index contributed by atoms with van der Waals surface area (Å²) in [7, 11) is -2.89. The van der Waals surface area contributed by atoms with Gasteiger partial charge in [-0.3, -0.25) is 9.69 Å². The van der Waals surface area contributed by atoms with E-state index in [0.717, 1.165) is 34.9 Å². The number of hydrogen-bond donors (Lipinski definition) is 0. The fraction of sp³-hybridized carbons (Fsp3) is 0.391. The van der Waals surface area contributed by atoms with E-state index in [1.54, 1.807) is 11.8 Å². The third kappa shape index (κ3) is 4.55. The molecule has 2 fully saturated rings. The number of hydrogen-bond acceptors (Lipinski definition) is 6. The number of amides is 1. The Morgan fingerprint density at radius 1 is 1.06 bits per heavy atom. The molecule has 5 rings (SSSR count). The van der Waals surface area contributed by atoms with Gasteiger partial charge in [0.05, 0.1) is 22.8 Å². The fourth-order valence-electron chi connectivity index (χ4n) is 4.50. The van der Waals surface area contributed by atoms with E-state index in [2.05, 4.69) is 9.88 Å². The SMILES string of the molecule is O=C(c1ccccc1SCc1cn2ccccc2n1)N1CCN(C2CCS(=O)(=O)C2)CC1. The van der Waals surface area contributed by atoms with Gasteiger partial charge in [-0.15, -0.1) is 11.8 Å². The van der Waals surface area contributed by atoms with Crippen LogP contribution in [0.4, 0.5) is 0 Å². The Balaban J connectivity index is 1.23. The maximum Gasteiger partial charge on any atom is 0.255 e. The normalized spacial score (nSPS) is 21.2. The van der Waals surface area contributed by atoms with Crippen LogP contribution in [0.3, 0.4) is 0 Å². The second kappa shape index (κ2) is 8.88. The van der Waals surface area contributed by atoms with Crippen LogP contribution >= 0.6 is 11.8 Å². The number of thioether (sulfide) groups is 1. The molecule has 4 heterocycles. The van der Waals surface area contributed by atoms with Crippen molar-refractivity contribution in [3.63, 3.8) is 0 Å². The van der Waals surface area contributed by atoms with Crippen LogP contribution in [0.25, 0.3) is 5.65 Å². The molecule has 2 saturated heterocycles. The molecule has 1 unspecified atom stereocenters. The topological polar surface area (TPSA) is 75.0 Å². The standard InChI is InChI=1S/C23H26N4O3S2/c28-23(26-12-10-25(11-13-26)19-8-14-32(29,30)17-19)20-5-1-2-6-21(20)31-16-18-15-27-9-4-3-7-22(27)24-18/h1-7,9,15,19H,8,10-14,16-17H2. The largest absolute Gasteiger partial charge is 0.336 e. The summed E-state index contributed by atoms with van der Waals surface area (Å²) in [6.45, 7) is 2.70. The van der Waals surface area contributed by atoms with Crippen molar-refractivity contribution in [2.75, 3.05) is 37.7 Å². The highest BCUT2D eigenvalue weighted by Gasteiger charge is 2.34. The number of pyridine rings is 1. The molecule has 2 aromatic heterocycles. The number of aromatic nitrogens is 2. The fourth-order valence-corrected chi connectivity index (χ4v) is 7.19. The summed E-state index contributed by atoms with van der Waals surface area (Å²) in [4.78, 5) is 23.0. The zero-order valence-corrected chi connectivity index (χ0v) is 19.4. The first kappa shape index (κ1) is 21.5. The molecule has 0 radical (unpaired) electrons. The summed E-state index contributed by atoms with van der Waals surface area (Å²) in [6, 6.07) is 13.8. The predicted octanol–water partition coefficient (Wildman–Crippen LogP) is 2.57. The van der Waals surface area contributed by atoms with Gasteiger partial charge in [-0.2, -0.15) is 0 Å². The van der Waals surface area contributed by atoms with Crippen LogP contribution in [0.5, 0.6) is 0 Å². The lowest BCUT2D eigenvalue weighted by molar-refractivity contribution is 0.0584. The van der Waals surface area contributed by atoms with Crippen molar-refractivity contribution in [2.45, 2.75) is 23.1 Å². The lowest BCUT2D eigenvalue weighted by Crippen LogP contribution is -2.52. The molecule has 1 amide bonds. The quantitative estimate of drug-likeness (QED) is 0.534. The van der Waals surface area contributed by atoms with Crippen LogP contribution in [0.15, 0.2) is 59.8 Å². The summed E-state index contributed by atoms with van der Waals surface area (Å²) in [5, 5.41) is 0. The Labute approximate surface area is 192 Å². The number of rotatable bonds is 5. The van der Waals surface area contributed by atoms with Crippen LogP contribution < -0.4 is 0 Å². The van der Waals surface area contributed by atoms with Gasteiger partial charge in [-0.25, -0.2) is 13.4 Å². The number of carbonyl (C=O) groups is 1. The molecule has 1 atom stereocenters. The predicted molar refractivity (Wildman–Crippen MR) is 126 cm³/mol. The van der Waals surface area contributed by atoms with Gasteiger partial charge in [0, 0.05) is 55.3 Å². The maximum atomic E-state index is 13.3. The number of nitrogens with zero attached hydrogens (tertiary/aromatic N) is 4. The molecule has 0 bridgehead atoms. The molecule has 2 aliphatic rings. The van der Waals surface area contributed by atoms with Crippen LogP contribution in [0.2, 0.25) is 0 Å². The minimum absolute atomic E-state index is 0.0433. The average Bonchev–Trinajstić information content (AvgIpc) is 3.40. The molecule has 0 spiro atoms. The van der Waals surface area contributed by atoms with E-state index >= 15 is 0 Å². The van der Waals surface area contributed by atoms with Crippen molar-refractivity contribution in [3.05, 3.63) is 66.1 Å². The summed E-state index contributed by atoms with van der Waals surface area (Å²) in [5.41, 5.74) is 2.61. The monoisotopic (exact) mass is 470 g/mol. The number of benzene rings is 1. The molecule has 1 aromatic carbocycles. The summed E-state index contributed by atoms with van der Waals surface area (Å²) < 4.78 is 25.6. The number of fused-ring (bicyclic) bond motifs is 1. The van der Waals surface area contributed by atoms with Crippen LogP contribution in [0.1, 0.15) is 22.5 Å². The second-order valence-electron chi connectivity index (χ2n) is 8.37. The summed E-state index contributed by atoms with van der Waals surface area (Å²) >= 11 is 1.63. The first-order valence-electron chi connectivity index (χ1n) is 10.9. The lowest BCUT2D eigenvalue weighted by atomic mass is 10.1. The van der Waals surface area contributed by atoms with E-state index < -0.39 is 9.84 Å². The molecule has 0 saturated carbocycles. The Morgan fingerprint density at radius 2 is 1.84 bits per heavy atom. The van der Waals surface area contributed by atoms with Gasteiger partial charge in [0.15, 0.2) is 9.84 Å². The molecule has 32 heavy (non-hydrogen) atoms. The van der Waals surface area contributed by atoms with Gasteiger partial charge in [0.1, 0.15) is 5.65 Å². The molecular formula is C23H26N4O3S2. The van der Waals surface area contributed by atoms with Crippen LogP contribution in [0, 0.1) is 0 Å². The van der Waals surface area contributed by atoms with Crippen molar-refractivity contribution < 1.29 is 13.2 Å². The van der Waals surface area contributed by atoms with E-state index in [4.69, 9.17) is 0 Å². The van der Waals surface area contributed by atoms with E-state index in [-0.39, 0.29) is 23.5 Å². The lowest BCUT2D eigenvalue weighted by Gasteiger charge is -2.37. The Hall–Kier alpha value is -2.36. The average molecular weight is 471 g/mol. The molecule has 168 valence electrons. The first-order chi connectivity index (χ1) is 15.5. The van der Waals surface area contributed by atoms with Gasteiger partial charge >= 0.3 is 0 Å². The van der Waals surface area contributed by atoms with Crippen molar-refractivity contribution in [3.8, 4) is 0 Å². The third-order valence-electron chi connectivity index (χ3n) is 6.23. The van der Waals surface area contributed by atoms with Crippen LogP contribution in [-0.4, -0.2) is 77.2 Å². The van der Waals surface area contributed by atoms with E-state index in [9.17, 15) is 13.2 Å². The van der Waals surface area contributed by atoms with E-state index in [1.165, 1.54) is 0 Å². The molecule has 3 aromatic rings. The molecular weight excluding hydrogens is 444 g/mol. The number of carbonyl (C=O) groups excluding carboxylic acids is 1. The third-order valence-corrected chi connectivity index (χ3v) is 9.09. The molecule has 2 aliphatic heterocycles. The van der Waals surface area contributed by atoms with Gasteiger partial charge < -0.3 is 9.30 Å². The highest BCUT2D eigenvalue weighted by molar-refractivity contribution is 7.98. The summed E-state index contributed by atoms with van der Waals surface area (Å²) in [5.74, 6) is 1.27. The van der Waals surface area contributed by atoms with E-state index in [0.29, 0.717) is 25.3 Å². The Bertz CT molecular complexity index is 1200. The van der Waals surface area contributed by atoms with Gasteiger partial charge in [-0.1, -0.05) is 18.2 Å². The zero-order valence-electron chi connectivity index (χ0n) is 17.8. The molecule has 0 N–H and O–H groups in total. The van der Waals surface area contributed by atoms with Crippen molar-refractivity contribution in [1.82, 2.24) is 19.2 Å². The number of imidazole rings is 1. The maximum absolute atomic E-state index is 13.3.